The van der Waals surface area contributed by atoms with E-state index in [1.807, 2.05) is 6.08 Å². The van der Waals surface area contributed by atoms with Gasteiger partial charge in [0, 0.05) is 13.2 Å². The first kappa shape index (κ1) is 22.6. The molecule has 1 atom stereocenters. The maximum absolute atomic E-state index is 9.35. The molecule has 0 fully saturated rings. The maximum atomic E-state index is 9.35. The van der Waals surface area contributed by atoms with Crippen LogP contribution in [0.4, 0.5) is 0 Å². The van der Waals surface area contributed by atoms with Crippen LogP contribution in [0.1, 0.15) is 47.0 Å². The Bertz CT molecular complexity index is 682. The molecule has 2 aromatic carbocycles. The van der Waals surface area contributed by atoms with Crippen molar-refractivity contribution in [3.8, 4) is 0 Å². The fourth-order valence-corrected chi connectivity index (χ4v) is 8.65. The topological polar surface area (TPSA) is 29.5 Å². The second-order valence-electron chi connectivity index (χ2n) is 8.95. The van der Waals surface area contributed by atoms with Crippen molar-refractivity contribution in [3.05, 3.63) is 73.3 Å². The highest BCUT2D eigenvalue weighted by Crippen LogP contribution is 2.37. The van der Waals surface area contributed by atoms with Crippen molar-refractivity contribution in [2.24, 2.45) is 5.41 Å². The Morgan fingerprint density at radius 1 is 0.893 bits per heavy atom. The lowest BCUT2D eigenvalue weighted by Gasteiger charge is -2.43. The van der Waals surface area contributed by atoms with Crippen LogP contribution < -0.4 is 10.4 Å². The van der Waals surface area contributed by atoms with Gasteiger partial charge in [-0.15, -0.1) is 6.58 Å². The SMILES string of the molecule is C=C[C@](C)(CCO)CCCO[Si](c1ccccc1)(c1ccccc1)C(C)(C)C. The zero-order valence-electron chi connectivity index (χ0n) is 17.9. The van der Waals surface area contributed by atoms with Crippen molar-refractivity contribution in [2.45, 2.75) is 52.0 Å². The average Bonchev–Trinajstić information content (AvgIpc) is 2.69. The van der Waals surface area contributed by atoms with Gasteiger partial charge >= 0.3 is 0 Å². The molecule has 28 heavy (non-hydrogen) atoms. The lowest BCUT2D eigenvalue weighted by atomic mass is 9.83. The van der Waals surface area contributed by atoms with Gasteiger partial charge in [-0.2, -0.15) is 0 Å². The predicted molar refractivity (Wildman–Crippen MR) is 123 cm³/mol. The lowest BCUT2D eigenvalue weighted by molar-refractivity contribution is 0.206. The van der Waals surface area contributed by atoms with E-state index in [4.69, 9.17) is 4.43 Å². The average molecular weight is 397 g/mol. The molecule has 0 unspecified atom stereocenters. The summed E-state index contributed by atoms with van der Waals surface area (Å²) in [4.78, 5) is 0. The second-order valence-corrected chi connectivity index (χ2v) is 13.3. The summed E-state index contributed by atoms with van der Waals surface area (Å²) in [5, 5.41) is 12.0. The van der Waals surface area contributed by atoms with Crippen LogP contribution in [0.5, 0.6) is 0 Å². The number of hydrogen-bond donors (Lipinski definition) is 1. The summed E-state index contributed by atoms with van der Waals surface area (Å²) in [5.41, 5.74) is -0.0381. The molecule has 0 saturated carbocycles. The molecule has 3 heteroatoms. The smallest absolute Gasteiger partial charge is 0.261 e. The van der Waals surface area contributed by atoms with Crippen molar-refractivity contribution < 1.29 is 9.53 Å². The number of aliphatic hydroxyl groups is 1. The molecule has 0 saturated heterocycles. The summed E-state index contributed by atoms with van der Waals surface area (Å²) in [5.74, 6) is 0. The number of benzene rings is 2. The number of rotatable bonds is 10. The van der Waals surface area contributed by atoms with E-state index in [9.17, 15) is 5.11 Å². The van der Waals surface area contributed by atoms with Crippen LogP contribution in [-0.4, -0.2) is 26.6 Å². The van der Waals surface area contributed by atoms with Crippen molar-refractivity contribution in [2.75, 3.05) is 13.2 Å². The molecule has 2 rings (SSSR count). The Balaban J connectivity index is 2.33. The summed E-state index contributed by atoms with van der Waals surface area (Å²) >= 11 is 0. The number of hydrogen-bond acceptors (Lipinski definition) is 2. The van der Waals surface area contributed by atoms with Crippen LogP contribution >= 0.6 is 0 Å². The summed E-state index contributed by atoms with van der Waals surface area (Å²) < 4.78 is 6.93. The van der Waals surface area contributed by atoms with E-state index in [-0.39, 0.29) is 17.1 Å². The molecule has 0 spiro atoms. The van der Waals surface area contributed by atoms with Gasteiger partial charge < -0.3 is 9.53 Å². The predicted octanol–water partition coefficient (Wildman–Crippen LogP) is 4.92. The molecule has 0 heterocycles. The maximum Gasteiger partial charge on any atom is 0.261 e. The molecule has 2 nitrogen and oxygen atoms in total. The van der Waals surface area contributed by atoms with Crippen molar-refractivity contribution in [1.29, 1.82) is 0 Å². The molecule has 0 amide bonds. The molecule has 0 radical (unpaired) electrons. The molecular formula is C25H36O2Si. The molecule has 2 aromatic rings. The monoisotopic (exact) mass is 396 g/mol. The Morgan fingerprint density at radius 3 is 1.79 bits per heavy atom. The van der Waals surface area contributed by atoms with Crippen LogP contribution in [0.3, 0.4) is 0 Å². The Labute approximate surface area is 172 Å². The molecule has 152 valence electrons. The summed E-state index contributed by atoms with van der Waals surface area (Å²) in [6.07, 6.45) is 4.64. The minimum Gasteiger partial charge on any atom is -0.407 e. The fraction of sp³-hybridized carbons (Fsp3) is 0.440. The quantitative estimate of drug-likeness (QED) is 0.351. The highest BCUT2D eigenvalue weighted by atomic mass is 28.4. The van der Waals surface area contributed by atoms with Crippen molar-refractivity contribution in [1.82, 2.24) is 0 Å². The van der Waals surface area contributed by atoms with Crippen LogP contribution in [0.15, 0.2) is 73.3 Å². The first-order valence-corrected chi connectivity index (χ1v) is 12.2. The zero-order chi connectivity index (χ0) is 20.7. The van der Waals surface area contributed by atoms with Gasteiger partial charge in [-0.25, -0.2) is 0 Å². The second kappa shape index (κ2) is 9.68. The molecule has 1 N–H and O–H groups in total. The third-order valence-corrected chi connectivity index (χ3v) is 10.8. The van der Waals surface area contributed by atoms with E-state index in [0.29, 0.717) is 6.61 Å². The highest BCUT2D eigenvalue weighted by Gasteiger charge is 2.49. The van der Waals surface area contributed by atoms with Crippen LogP contribution in [0, 0.1) is 5.41 Å². The van der Waals surface area contributed by atoms with Gasteiger partial charge in [0.1, 0.15) is 0 Å². The van der Waals surface area contributed by atoms with Gasteiger partial charge in [0.2, 0.25) is 0 Å². The number of aliphatic hydroxyl groups excluding tert-OH is 1. The van der Waals surface area contributed by atoms with E-state index < -0.39 is 8.32 Å². The minimum atomic E-state index is -2.45. The minimum absolute atomic E-state index is 0.00253. The van der Waals surface area contributed by atoms with E-state index in [1.54, 1.807) is 0 Å². The van der Waals surface area contributed by atoms with Crippen LogP contribution in [0.25, 0.3) is 0 Å². The highest BCUT2D eigenvalue weighted by molar-refractivity contribution is 6.99. The Kier molecular flexibility index (Phi) is 7.82. The zero-order valence-corrected chi connectivity index (χ0v) is 18.9. The third kappa shape index (κ3) is 5.02. The molecule has 0 aliphatic rings. The molecule has 0 aromatic heterocycles. The van der Waals surface area contributed by atoms with Gasteiger partial charge in [0.15, 0.2) is 0 Å². The van der Waals surface area contributed by atoms with Crippen LogP contribution in [-0.2, 0) is 4.43 Å². The van der Waals surface area contributed by atoms with Gasteiger partial charge in [0.25, 0.3) is 8.32 Å². The molecule has 0 aliphatic carbocycles. The molecule has 0 aliphatic heterocycles. The summed E-state index contributed by atoms with van der Waals surface area (Å²) in [7, 11) is -2.45. The van der Waals surface area contributed by atoms with E-state index in [1.165, 1.54) is 10.4 Å². The first-order valence-electron chi connectivity index (χ1n) is 10.3. The van der Waals surface area contributed by atoms with E-state index in [2.05, 4.69) is 94.9 Å². The van der Waals surface area contributed by atoms with Crippen molar-refractivity contribution in [3.63, 3.8) is 0 Å². The lowest BCUT2D eigenvalue weighted by Crippen LogP contribution is -2.66. The third-order valence-electron chi connectivity index (χ3n) is 5.80. The van der Waals surface area contributed by atoms with Crippen molar-refractivity contribution >= 4 is 18.7 Å². The van der Waals surface area contributed by atoms with Crippen LogP contribution in [0.2, 0.25) is 5.04 Å². The van der Waals surface area contributed by atoms with Gasteiger partial charge in [-0.05, 0) is 40.1 Å². The Morgan fingerprint density at radius 2 is 1.39 bits per heavy atom. The molecular weight excluding hydrogens is 360 g/mol. The fourth-order valence-electron chi connectivity index (χ4n) is 4.05. The largest absolute Gasteiger partial charge is 0.407 e. The van der Waals surface area contributed by atoms with E-state index in [0.717, 1.165) is 19.3 Å². The summed E-state index contributed by atoms with van der Waals surface area (Å²) in [6.45, 7) is 14.0. The molecule has 0 bridgehead atoms. The van der Waals surface area contributed by atoms with Gasteiger partial charge in [-0.1, -0.05) is 94.4 Å². The summed E-state index contributed by atoms with van der Waals surface area (Å²) in [6, 6.07) is 21.5. The Hall–Kier alpha value is -1.68. The van der Waals surface area contributed by atoms with Gasteiger partial charge in [0.05, 0.1) is 0 Å². The standard InChI is InChI=1S/C25H36O2Si/c1-6-25(5,19-20-26)18-13-21-27-28(24(2,3)4,22-14-9-7-10-15-22)23-16-11-8-12-17-23/h6-12,14-17,26H,1,13,18-21H2,2-5H3/t25-/m0/s1. The first-order chi connectivity index (χ1) is 13.3. The van der Waals surface area contributed by atoms with Gasteiger partial charge in [-0.3, -0.25) is 0 Å². The number of allylic oxidation sites excluding steroid dienone is 1. The van der Waals surface area contributed by atoms with E-state index >= 15 is 0 Å². The normalized spacial score (nSPS) is 14.5.